The van der Waals surface area contributed by atoms with Gasteiger partial charge in [-0.05, 0) is 81.9 Å². The molecule has 0 radical (unpaired) electrons. The van der Waals surface area contributed by atoms with Gasteiger partial charge in [-0.3, -0.25) is 14.3 Å². The molecule has 0 bridgehead atoms. The molecule has 2 N–H and O–H groups in total. The Morgan fingerprint density at radius 2 is 1.71 bits per heavy atom. The van der Waals surface area contributed by atoms with Gasteiger partial charge in [0.15, 0.2) is 11.6 Å². The zero-order chi connectivity index (χ0) is 37.3. The molecular formula is C39H55N7O6. The maximum atomic E-state index is 14.1. The molecule has 0 aliphatic carbocycles. The van der Waals surface area contributed by atoms with Crippen molar-refractivity contribution in [3.63, 3.8) is 0 Å². The Bertz CT molecular complexity index is 1700. The highest BCUT2D eigenvalue weighted by molar-refractivity contribution is 5.91. The quantitative estimate of drug-likeness (QED) is 0.292. The second kappa shape index (κ2) is 15.3. The number of carbonyl (C=O) groups excluding carboxylic acids is 3. The Hall–Kier alpha value is -4.39. The summed E-state index contributed by atoms with van der Waals surface area (Å²) in [5, 5.41) is 22.3. The summed E-state index contributed by atoms with van der Waals surface area (Å²) < 4.78 is 13.2. The van der Waals surface area contributed by atoms with Crippen molar-refractivity contribution < 1.29 is 28.8 Å². The zero-order valence-corrected chi connectivity index (χ0v) is 31.6. The predicted molar refractivity (Wildman–Crippen MR) is 196 cm³/mol. The number of aromatic nitrogens is 3. The Kier molecular flexibility index (Phi) is 11.0. The van der Waals surface area contributed by atoms with Crippen LogP contribution in [0.1, 0.15) is 90.5 Å². The van der Waals surface area contributed by atoms with E-state index in [-0.39, 0.29) is 42.8 Å². The van der Waals surface area contributed by atoms with Crippen molar-refractivity contribution in [1.82, 2.24) is 30.1 Å². The van der Waals surface area contributed by atoms with Gasteiger partial charge in [0, 0.05) is 58.5 Å². The van der Waals surface area contributed by atoms with Crippen LogP contribution in [0, 0.1) is 17.8 Å². The fourth-order valence-electron chi connectivity index (χ4n) is 7.84. The largest absolute Gasteiger partial charge is 0.444 e. The number of hydrogen-bond acceptors (Lipinski definition) is 9. The standard InChI is InChI=1S/C39H55N7O6/c1-24(2)35(33-20-34(42-52-33)45-21-27(22-45)18-26-13-16-44(17-14-26)38(50)51-39(4,5)6)37(49)46-23-30(47)19-32(46)36(48)41-25(3)28-8-10-29(11-9-28)31-12-15-40-43(31)7/h8-12,15,20,24-27,30,32,35,47H,13-14,16-19,21-23H2,1-7H3,(H,41,48)/t25-,30+,32-,35?/m0/s1. The van der Waals surface area contributed by atoms with Crippen molar-refractivity contribution in [2.45, 2.75) is 96.9 Å². The van der Waals surface area contributed by atoms with Gasteiger partial charge in [0.2, 0.25) is 11.8 Å². The Morgan fingerprint density at radius 3 is 2.33 bits per heavy atom. The summed E-state index contributed by atoms with van der Waals surface area (Å²) in [6.07, 6.45) is 3.96. The number of likely N-dealkylation sites (tertiary alicyclic amines) is 2. The molecule has 13 heteroatoms. The van der Waals surface area contributed by atoms with Gasteiger partial charge in [-0.15, -0.1) is 0 Å². The summed E-state index contributed by atoms with van der Waals surface area (Å²) in [5.74, 6) is 0.973. The Morgan fingerprint density at radius 1 is 1.02 bits per heavy atom. The van der Waals surface area contributed by atoms with E-state index >= 15 is 0 Å². The molecular weight excluding hydrogens is 662 g/mol. The first kappa shape index (κ1) is 37.4. The second-order valence-electron chi connectivity index (χ2n) is 16.3. The molecule has 3 aliphatic heterocycles. The zero-order valence-electron chi connectivity index (χ0n) is 31.6. The topological polar surface area (TPSA) is 146 Å². The van der Waals surface area contributed by atoms with E-state index in [0.29, 0.717) is 23.4 Å². The van der Waals surface area contributed by atoms with E-state index in [0.717, 1.165) is 62.3 Å². The minimum atomic E-state index is -0.797. The highest BCUT2D eigenvalue weighted by Gasteiger charge is 2.44. The number of anilines is 1. The normalized spacial score (nSPS) is 21.3. The number of nitrogens with zero attached hydrogens (tertiary/aromatic N) is 6. The van der Waals surface area contributed by atoms with Crippen molar-refractivity contribution in [3.05, 3.63) is 53.9 Å². The number of ether oxygens (including phenoxy) is 1. The lowest BCUT2D eigenvalue weighted by atomic mass is 9.83. The highest BCUT2D eigenvalue weighted by atomic mass is 16.6. The predicted octanol–water partition coefficient (Wildman–Crippen LogP) is 5.13. The molecule has 2 aromatic heterocycles. The van der Waals surface area contributed by atoms with Gasteiger partial charge in [0.1, 0.15) is 17.6 Å². The number of aryl methyl sites for hydroxylation is 1. The third kappa shape index (κ3) is 8.46. The van der Waals surface area contributed by atoms with Gasteiger partial charge in [-0.1, -0.05) is 43.3 Å². The van der Waals surface area contributed by atoms with Crippen LogP contribution in [0.2, 0.25) is 0 Å². The minimum Gasteiger partial charge on any atom is -0.444 e. The lowest BCUT2D eigenvalue weighted by Gasteiger charge is -2.42. The van der Waals surface area contributed by atoms with Crippen LogP contribution in [0.25, 0.3) is 11.3 Å². The van der Waals surface area contributed by atoms with Crippen LogP contribution in [-0.4, -0.2) is 98.2 Å². The number of hydrogen-bond donors (Lipinski definition) is 2. The molecule has 5 heterocycles. The maximum absolute atomic E-state index is 14.1. The lowest BCUT2D eigenvalue weighted by molar-refractivity contribution is -0.141. The summed E-state index contributed by atoms with van der Waals surface area (Å²) in [6, 6.07) is 10.7. The van der Waals surface area contributed by atoms with Crippen LogP contribution < -0.4 is 10.2 Å². The molecule has 1 aromatic carbocycles. The number of nitrogens with one attached hydrogen (secondary N) is 1. The van der Waals surface area contributed by atoms with Gasteiger partial charge >= 0.3 is 6.09 Å². The number of aliphatic hydroxyl groups excluding tert-OH is 1. The van der Waals surface area contributed by atoms with Crippen LogP contribution in [0.5, 0.6) is 0 Å². The monoisotopic (exact) mass is 717 g/mol. The SMILES string of the molecule is CC(C)C(C(=O)N1C[C@H](O)C[C@H]1C(=O)N[C@@H](C)c1ccc(-c2ccnn2C)cc1)c1cc(N2CC(CC3CCN(C(=O)OC(C)(C)C)CC3)C2)no1. The number of carbonyl (C=O) groups is 3. The van der Waals surface area contributed by atoms with E-state index in [1.165, 1.54) is 4.90 Å². The van der Waals surface area contributed by atoms with Crippen LogP contribution in [0.3, 0.4) is 0 Å². The van der Waals surface area contributed by atoms with E-state index in [9.17, 15) is 19.5 Å². The van der Waals surface area contributed by atoms with Crippen LogP contribution in [0.15, 0.2) is 47.1 Å². The molecule has 1 unspecified atom stereocenters. The molecule has 3 aromatic rings. The average Bonchev–Trinajstić information content (AvgIpc) is 3.82. The summed E-state index contributed by atoms with van der Waals surface area (Å²) in [5.41, 5.74) is 2.46. The second-order valence-corrected chi connectivity index (χ2v) is 16.3. The van der Waals surface area contributed by atoms with E-state index in [2.05, 4.69) is 20.5 Å². The van der Waals surface area contributed by atoms with Gasteiger partial charge in [-0.2, -0.15) is 5.10 Å². The van der Waals surface area contributed by atoms with Gasteiger partial charge in [0.25, 0.3) is 0 Å². The molecule has 3 aliphatic rings. The molecule has 3 fully saturated rings. The van der Waals surface area contributed by atoms with Crippen LogP contribution in [-0.2, 0) is 21.4 Å². The first-order valence-corrected chi connectivity index (χ1v) is 18.7. The Balaban J connectivity index is 1.02. The van der Waals surface area contributed by atoms with E-state index in [1.807, 2.05) is 94.6 Å². The molecule has 52 heavy (non-hydrogen) atoms. The number of benzene rings is 1. The van der Waals surface area contributed by atoms with E-state index < -0.39 is 23.7 Å². The minimum absolute atomic E-state index is 0.0828. The first-order chi connectivity index (χ1) is 24.7. The van der Waals surface area contributed by atoms with Crippen LogP contribution in [0.4, 0.5) is 10.6 Å². The van der Waals surface area contributed by atoms with Crippen LogP contribution >= 0.6 is 0 Å². The van der Waals surface area contributed by atoms with Crippen molar-refractivity contribution in [3.8, 4) is 11.3 Å². The van der Waals surface area contributed by atoms with Crippen molar-refractivity contribution in [1.29, 1.82) is 0 Å². The third-order valence-electron chi connectivity index (χ3n) is 10.7. The van der Waals surface area contributed by atoms with Gasteiger partial charge < -0.3 is 34.4 Å². The highest BCUT2D eigenvalue weighted by Crippen LogP contribution is 2.36. The number of amides is 3. The van der Waals surface area contributed by atoms with Gasteiger partial charge in [-0.25, -0.2) is 4.79 Å². The molecule has 282 valence electrons. The summed E-state index contributed by atoms with van der Waals surface area (Å²) >= 11 is 0. The summed E-state index contributed by atoms with van der Waals surface area (Å²) in [4.78, 5) is 45.7. The smallest absolute Gasteiger partial charge is 0.410 e. The number of aliphatic hydroxyl groups is 1. The molecule has 6 rings (SSSR count). The number of β-amino-alcohol motifs (C(OH)–C–C–N with tert-alkyl or cyclic N) is 1. The molecule has 13 nitrogen and oxygen atoms in total. The molecule has 3 saturated heterocycles. The molecule has 3 amide bonds. The van der Waals surface area contributed by atoms with Crippen molar-refractivity contribution in [2.75, 3.05) is 37.6 Å². The molecule has 4 atom stereocenters. The molecule has 0 saturated carbocycles. The van der Waals surface area contributed by atoms with Crippen molar-refractivity contribution >= 4 is 23.7 Å². The number of rotatable bonds is 10. The van der Waals surface area contributed by atoms with E-state index in [4.69, 9.17) is 9.26 Å². The summed E-state index contributed by atoms with van der Waals surface area (Å²) in [7, 11) is 1.89. The third-order valence-corrected chi connectivity index (χ3v) is 10.7. The Labute approximate surface area is 306 Å². The average molecular weight is 718 g/mol. The fourth-order valence-corrected chi connectivity index (χ4v) is 7.84. The molecule has 0 spiro atoms. The summed E-state index contributed by atoms with van der Waals surface area (Å²) in [6.45, 7) is 14.8. The lowest BCUT2D eigenvalue weighted by Crippen LogP contribution is -2.49. The van der Waals surface area contributed by atoms with Gasteiger partial charge in [0.05, 0.1) is 17.8 Å². The van der Waals surface area contributed by atoms with Crippen molar-refractivity contribution in [2.24, 2.45) is 24.8 Å². The fraction of sp³-hybridized carbons (Fsp3) is 0.615. The first-order valence-electron chi connectivity index (χ1n) is 18.7. The maximum Gasteiger partial charge on any atom is 0.410 e. The van der Waals surface area contributed by atoms with E-state index in [1.54, 1.807) is 6.20 Å². The number of piperidine rings is 1.